The molecule has 1 heterocycles. The maximum absolute atomic E-state index is 11.4. The maximum Gasteiger partial charge on any atom is 0.358 e. The van der Waals surface area contributed by atoms with E-state index in [2.05, 4.69) is 10.3 Å². The van der Waals surface area contributed by atoms with Crippen molar-refractivity contribution >= 4 is 17.6 Å². The number of halogens is 1. The van der Waals surface area contributed by atoms with E-state index in [0.29, 0.717) is 27.7 Å². The summed E-state index contributed by atoms with van der Waals surface area (Å²) < 4.78 is 6.60. The molecule has 0 aliphatic rings. The van der Waals surface area contributed by atoms with Gasteiger partial charge in [0.15, 0.2) is 5.69 Å². The highest BCUT2D eigenvalue weighted by atomic mass is 35.5. The van der Waals surface area contributed by atoms with E-state index >= 15 is 0 Å². The second-order valence-electron chi connectivity index (χ2n) is 4.71. The number of hydrogen-bond acceptors (Lipinski definition) is 4. The molecule has 0 fully saturated rings. The fourth-order valence-electron chi connectivity index (χ4n) is 2.20. The topological polar surface area (TPSA) is 77.2 Å². The van der Waals surface area contributed by atoms with Crippen LogP contribution in [0, 0.1) is 0 Å². The molecule has 0 atom stereocenters. The van der Waals surface area contributed by atoms with Gasteiger partial charge >= 0.3 is 5.97 Å². The van der Waals surface area contributed by atoms with Crippen LogP contribution in [0.2, 0.25) is 5.02 Å². The summed E-state index contributed by atoms with van der Waals surface area (Å²) in [5.41, 5.74) is 1.60. The zero-order chi connectivity index (χ0) is 16.4. The molecule has 0 radical (unpaired) electrons. The van der Waals surface area contributed by atoms with Crippen LogP contribution in [-0.4, -0.2) is 33.2 Å². The molecular weight excluding hydrogens is 318 g/mol. The standard InChI is InChI=1S/C16H12ClN3O3/c1-23-13-8-6-12(7-9-13)20-15(14(16(21)22)18-19-20)10-2-4-11(17)5-3-10/h2-9H,1H3,(H,21,22). The van der Waals surface area contributed by atoms with Crippen LogP contribution in [0.25, 0.3) is 16.9 Å². The Morgan fingerprint density at radius 2 is 1.78 bits per heavy atom. The molecule has 1 aromatic heterocycles. The lowest BCUT2D eigenvalue weighted by molar-refractivity contribution is 0.0691. The molecule has 0 aliphatic carbocycles. The van der Waals surface area contributed by atoms with Crippen molar-refractivity contribution in [2.45, 2.75) is 0 Å². The predicted octanol–water partition coefficient (Wildman–Crippen LogP) is 3.29. The normalized spacial score (nSPS) is 10.5. The van der Waals surface area contributed by atoms with Gasteiger partial charge in [0.05, 0.1) is 12.8 Å². The van der Waals surface area contributed by atoms with E-state index in [4.69, 9.17) is 16.3 Å². The van der Waals surface area contributed by atoms with Crippen LogP contribution < -0.4 is 4.74 Å². The molecule has 6 nitrogen and oxygen atoms in total. The van der Waals surface area contributed by atoms with Crippen LogP contribution in [-0.2, 0) is 0 Å². The number of aromatic carboxylic acids is 1. The number of methoxy groups -OCH3 is 1. The zero-order valence-electron chi connectivity index (χ0n) is 12.1. The molecule has 0 aliphatic heterocycles. The number of benzene rings is 2. The number of nitrogens with zero attached hydrogens (tertiary/aromatic N) is 3. The third-order valence-electron chi connectivity index (χ3n) is 3.31. The summed E-state index contributed by atoms with van der Waals surface area (Å²) >= 11 is 5.90. The summed E-state index contributed by atoms with van der Waals surface area (Å²) in [6.45, 7) is 0. The minimum Gasteiger partial charge on any atom is -0.497 e. The Bertz CT molecular complexity index is 842. The van der Waals surface area contributed by atoms with Crippen molar-refractivity contribution in [3.8, 4) is 22.7 Å². The Morgan fingerprint density at radius 3 is 2.35 bits per heavy atom. The molecule has 0 bridgehead atoms. The molecule has 7 heteroatoms. The molecule has 0 saturated carbocycles. The van der Waals surface area contributed by atoms with Crippen LogP contribution in [0.3, 0.4) is 0 Å². The quantitative estimate of drug-likeness (QED) is 0.794. The highest BCUT2D eigenvalue weighted by Gasteiger charge is 2.21. The first-order chi connectivity index (χ1) is 11.1. The number of carbonyl (C=O) groups is 1. The number of hydrogen-bond donors (Lipinski definition) is 1. The van der Waals surface area contributed by atoms with E-state index in [9.17, 15) is 9.90 Å². The van der Waals surface area contributed by atoms with Gasteiger partial charge in [0.25, 0.3) is 0 Å². The van der Waals surface area contributed by atoms with Gasteiger partial charge in [-0.25, -0.2) is 9.48 Å². The summed E-state index contributed by atoms with van der Waals surface area (Å²) in [5.74, 6) is -0.449. The summed E-state index contributed by atoms with van der Waals surface area (Å²) in [7, 11) is 1.58. The van der Waals surface area contributed by atoms with E-state index in [1.807, 2.05) is 0 Å². The molecule has 0 spiro atoms. The molecule has 0 unspecified atom stereocenters. The van der Waals surface area contributed by atoms with E-state index in [1.165, 1.54) is 4.68 Å². The van der Waals surface area contributed by atoms with E-state index in [0.717, 1.165) is 0 Å². The first-order valence-electron chi connectivity index (χ1n) is 6.69. The van der Waals surface area contributed by atoms with Gasteiger partial charge in [-0.1, -0.05) is 28.9 Å². The Morgan fingerprint density at radius 1 is 1.13 bits per heavy atom. The van der Waals surface area contributed by atoms with E-state index in [-0.39, 0.29) is 5.69 Å². The lowest BCUT2D eigenvalue weighted by Gasteiger charge is -2.08. The van der Waals surface area contributed by atoms with Crippen molar-refractivity contribution in [3.05, 3.63) is 59.2 Å². The van der Waals surface area contributed by atoms with Gasteiger partial charge in [0.2, 0.25) is 0 Å². The first kappa shape index (κ1) is 15.1. The molecule has 0 amide bonds. The Balaban J connectivity index is 2.17. The molecule has 3 aromatic rings. The van der Waals surface area contributed by atoms with Crippen molar-refractivity contribution in [3.63, 3.8) is 0 Å². The van der Waals surface area contributed by atoms with Crippen molar-refractivity contribution in [2.75, 3.05) is 7.11 Å². The maximum atomic E-state index is 11.4. The minimum atomic E-state index is -1.14. The lowest BCUT2D eigenvalue weighted by atomic mass is 10.1. The fraction of sp³-hybridized carbons (Fsp3) is 0.0625. The van der Waals surface area contributed by atoms with Gasteiger partial charge in [-0.05, 0) is 36.4 Å². The highest BCUT2D eigenvalue weighted by molar-refractivity contribution is 6.30. The zero-order valence-corrected chi connectivity index (χ0v) is 12.9. The van der Waals surface area contributed by atoms with Crippen LogP contribution >= 0.6 is 11.6 Å². The van der Waals surface area contributed by atoms with Gasteiger partial charge in [-0.3, -0.25) is 0 Å². The summed E-state index contributed by atoms with van der Waals surface area (Å²) in [5, 5.41) is 17.7. The van der Waals surface area contributed by atoms with E-state index in [1.54, 1.807) is 55.6 Å². The number of aromatic nitrogens is 3. The first-order valence-corrected chi connectivity index (χ1v) is 7.07. The Hall–Kier alpha value is -2.86. The third kappa shape index (κ3) is 2.89. The second kappa shape index (κ2) is 6.10. The van der Waals surface area contributed by atoms with Gasteiger partial charge in [-0.15, -0.1) is 5.10 Å². The summed E-state index contributed by atoms with van der Waals surface area (Å²) in [6.07, 6.45) is 0. The average molecular weight is 330 g/mol. The number of ether oxygens (including phenoxy) is 1. The molecular formula is C16H12ClN3O3. The van der Waals surface area contributed by atoms with Gasteiger partial charge < -0.3 is 9.84 Å². The highest BCUT2D eigenvalue weighted by Crippen LogP contribution is 2.27. The molecule has 23 heavy (non-hydrogen) atoms. The Labute approximate surface area is 136 Å². The van der Waals surface area contributed by atoms with Crippen LogP contribution in [0.1, 0.15) is 10.5 Å². The van der Waals surface area contributed by atoms with Gasteiger partial charge in [0, 0.05) is 10.6 Å². The van der Waals surface area contributed by atoms with E-state index < -0.39 is 5.97 Å². The molecule has 116 valence electrons. The fourth-order valence-corrected chi connectivity index (χ4v) is 2.32. The monoisotopic (exact) mass is 329 g/mol. The predicted molar refractivity (Wildman–Crippen MR) is 85.3 cm³/mol. The van der Waals surface area contributed by atoms with Crippen molar-refractivity contribution in [1.82, 2.24) is 15.0 Å². The molecule has 2 aromatic carbocycles. The largest absolute Gasteiger partial charge is 0.497 e. The van der Waals surface area contributed by atoms with Crippen LogP contribution in [0.5, 0.6) is 5.75 Å². The molecule has 3 rings (SSSR count). The van der Waals surface area contributed by atoms with Crippen LogP contribution in [0.15, 0.2) is 48.5 Å². The van der Waals surface area contributed by atoms with Gasteiger partial charge in [0.1, 0.15) is 11.4 Å². The number of rotatable bonds is 4. The number of carboxylic acid groups (broad SMARTS) is 1. The third-order valence-corrected chi connectivity index (χ3v) is 3.56. The van der Waals surface area contributed by atoms with Crippen molar-refractivity contribution in [2.24, 2.45) is 0 Å². The number of carboxylic acids is 1. The minimum absolute atomic E-state index is 0.122. The van der Waals surface area contributed by atoms with Crippen molar-refractivity contribution < 1.29 is 14.6 Å². The second-order valence-corrected chi connectivity index (χ2v) is 5.14. The smallest absolute Gasteiger partial charge is 0.358 e. The van der Waals surface area contributed by atoms with Crippen molar-refractivity contribution in [1.29, 1.82) is 0 Å². The molecule has 0 saturated heterocycles. The van der Waals surface area contributed by atoms with Crippen LogP contribution in [0.4, 0.5) is 0 Å². The lowest BCUT2D eigenvalue weighted by Crippen LogP contribution is -2.03. The Kier molecular flexibility index (Phi) is 3.99. The molecule has 1 N–H and O–H groups in total. The van der Waals surface area contributed by atoms with Gasteiger partial charge in [-0.2, -0.15) is 0 Å². The summed E-state index contributed by atoms with van der Waals surface area (Å²) in [6, 6.07) is 13.9. The SMILES string of the molecule is COc1ccc(-n2nnc(C(=O)O)c2-c2ccc(Cl)cc2)cc1. The summed E-state index contributed by atoms with van der Waals surface area (Å²) in [4.78, 5) is 11.4. The average Bonchev–Trinajstić information content (AvgIpc) is 3.01.